The maximum atomic E-state index is 2.59. The van der Waals surface area contributed by atoms with Gasteiger partial charge in [-0.2, -0.15) is 0 Å². The number of hydrogen-bond acceptors (Lipinski definition) is 0. The Kier molecular flexibility index (Phi) is 4.94. The van der Waals surface area contributed by atoms with Gasteiger partial charge in [0.15, 0.2) is 0 Å². The molecule has 0 saturated heterocycles. The van der Waals surface area contributed by atoms with Crippen molar-refractivity contribution in [3.63, 3.8) is 0 Å². The summed E-state index contributed by atoms with van der Waals surface area (Å²) in [5.41, 5.74) is 5.35. The zero-order valence-corrected chi connectivity index (χ0v) is 14.1. The van der Waals surface area contributed by atoms with E-state index in [0.29, 0.717) is 5.41 Å². The van der Waals surface area contributed by atoms with Crippen LogP contribution in [0.2, 0.25) is 0 Å². The van der Waals surface area contributed by atoms with Crippen LogP contribution in [-0.4, -0.2) is 0 Å². The molecule has 0 aromatic rings. The highest BCUT2D eigenvalue weighted by Gasteiger charge is 2.44. The van der Waals surface area contributed by atoms with Crippen molar-refractivity contribution in [1.82, 2.24) is 0 Å². The molecule has 112 valence electrons. The van der Waals surface area contributed by atoms with Gasteiger partial charge in [-0.25, -0.2) is 0 Å². The topological polar surface area (TPSA) is 0 Å². The minimum absolute atomic E-state index is 0.504. The van der Waals surface area contributed by atoms with E-state index in [1.165, 1.54) is 44.1 Å². The van der Waals surface area contributed by atoms with Crippen molar-refractivity contribution in [2.24, 2.45) is 17.3 Å². The van der Waals surface area contributed by atoms with Crippen LogP contribution in [0.15, 0.2) is 34.9 Å². The average Bonchev–Trinajstić information content (AvgIpc) is 2.70. The van der Waals surface area contributed by atoms with Gasteiger partial charge in [-0.3, -0.25) is 0 Å². The van der Waals surface area contributed by atoms with Gasteiger partial charge >= 0.3 is 0 Å². The van der Waals surface area contributed by atoms with Gasteiger partial charge in [0.25, 0.3) is 0 Å². The first-order valence-corrected chi connectivity index (χ1v) is 8.45. The molecule has 2 aliphatic carbocycles. The van der Waals surface area contributed by atoms with Crippen molar-refractivity contribution in [3.05, 3.63) is 34.9 Å². The Labute approximate surface area is 126 Å². The zero-order valence-electron chi connectivity index (χ0n) is 14.1. The lowest BCUT2D eigenvalue weighted by molar-refractivity contribution is 0.206. The largest absolute Gasteiger partial charge is 0.0859 e. The van der Waals surface area contributed by atoms with Crippen LogP contribution >= 0.6 is 0 Å². The van der Waals surface area contributed by atoms with Crippen molar-refractivity contribution in [3.8, 4) is 0 Å². The Morgan fingerprint density at radius 2 is 2.15 bits per heavy atom. The second-order valence-corrected chi connectivity index (χ2v) is 7.47. The fraction of sp³-hybridized carbons (Fsp3) is 0.700. The van der Waals surface area contributed by atoms with Crippen LogP contribution in [0, 0.1) is 17.3 Å². The van der Waals surface area contributed by atoms with Crippen LogP contribution in [0.1, 0.15) is 73.1 Å². The molecule has 3 atom stereocenters. The maximum absolute atomic E-state index is 2.59. The van der Waals surface area contributed by atoms with Gasteiger partial charge in [0, 0.05) is 0 Å². The van der Waals surface area contributed by atoms with Crippen LogP contribution < -0.4 is 0 Å². The van der Waals surface area contributed by atoms with Crippen molar-refractivity contribution in [1.29, 1.82) is 0 Å². The van der Waals surface area contributed by atoms with Crippen LogP contribution in [0.4, 0.5) is 0 Å². The summed E-state index contributed by atoms with van der Waals surface area (Å²) in [4.78, 5) is 0. The van der Waals surface area contributed by atoms with Crippen LogP contribution in [0.3, 0.4) is 0 Å². The minimum Gasteiger partial charge on any atom is -0.0859 e. The van der Waals surface area contributed by atoms with Crippen molar-refractivity contribution >= 4 is 0 Å². The van der Waals surface area contributed by atoms with Gasteiger partial charge in [0.1, 0.15) is 0 Å². The Morgan fingerprint density at radius 1 is 1.40 bits per heavy atom. The van der Waals surface area contributed by atoms with E-state index in [-0.39, 0.29) is 0 Å². The maximum Gasteiger partial charge on any atom is -0.00193 e. The van der Waals surface area contributed by atoms with E-state index in [0.717, 1.165) is 11.8 Å². The van der Waals surface area contributed by atoms with Gasteiger partial charge in [-0.15, -0.1) is 0 Å². The molecular weight excluding hydrogens is 240 g/mol. The molecule has 20 heavy (non-hydrogen) atoms. The predicted molar refractivity (Wildman–Crippen MR) is 89.7 cm³/mol. The molecule has 0 amide bonds. The summed E-state index contributed by atoms with van der Waals surface area (Å²) in [7, 11) is 0. The van der Waals surface area contributed by atoms with Crippen molar-refractivity contribution in [2.75, 3.05) is 0 Å². The molecule has 1 unspecified atom stereocenters. The summed E-state index contributed by atoms with van der Waals surface area (Å²) in [6.07, 6.45) is 15.3. The van der Waals surface area contributed by atoms with E-state index in [1.54, 1.807) is 11.1 Å². The van der Waals surface area contributed by atoms with E-state index in [1.807, 2.05) is 0 Å². The smallest absolute Gasteiger partial charge is 0.00193 e. The standard InChI is InChI=1S/C20H32/c1-15(2)7-6-8-17(4)19-10-9-18(5)20(19)13-11-16(3)12-14-20/h7,10-11,17-18H,6,8-9,12-14H2,1-5H3/t17?,18-,20+/m1/s1. The first-order valence-electron chi connectivity index (χ1n) is 8.45. The SMILES string of the molecule is CC(C)=CCCC(C)C1=CC[C@@H](C)[C@@]12CC=C(C)CC2. The Balaban J connectivity index is 2.08. The number of rotatable bonds is 4. The Morgan fingerprint density at radius 3 is 2.75 bits per heavy atom. The molecule has 2 aliphatic rings. The summed E-state index contributed by atoms with van der Waals surface area (Å²) in [5.74, 6) is 1.59. The molecule has 0 heteroatoms. The van der Waals surface area contributed by atoms with Crippen LogP contribution in [0.25, 0.3) is 0 Å². The van der Waals surface area contributed by atoms with E-state index in [2.05, 4.69) is 52.8 Å². The van der Waals surface area contributed by atoms with Crippen LogP contribution in [0.5, 0.6) is 0 Å². The van der Waals surface area contributed by atoms with E-state index in [4.69, 9.17) is 0 Å². The number of hydrogen-bond donors (Lipinski definition) is 0. The molecule has 2 rings (SSSR count). The third kappa shape index (κ3) is 3.10. The highest BCUT2D eigenvalue weighted by molar-refractivity contribution is 5.29. The number of allylic oxidation sites excluding steroid dienone is 6. The summed E-state index contributed by atoms with van der Waals surface area (Å²) < 4.78 is 0. The highest BCUT2D eigenvalue weighted by atomic mass is 14.5. The lowest BCUT2D eigenvalue weighted by Crippen LogP contribution is -2.31. The first kappa shape index (κ1) is 15.6. The molecule has 0 aromatic carbocycles. The second kappa shape index (κ2) is 6.33. The Hall–Kier alpha value is -0.780. The molecule has 0 radical (unpaired) electrons. The summed E-state index contributed by atoms with van der Waals surface area (Å²) in [6, 6.07) is 0. The quantitative estimate of drug-likeness (QED) is 0.516. The normalized spacial score (nSPS) is 30.9. The monoisotopic (exact) mass is 272 g/mol. The van der Waals surface area contributed by atoms with E-state index in [9.17, 15) is 0 Å². The minimum atomic E-state index is 0.504. The van der Waals surface area contributed by atoms with Gasteiger partial charge < -0.3 is 0 Å². The molecule has 0 N–H and O–H groups in total. The van der Waals surface area contributed by atoms with E-state index >= 15 is 0 Å². The van der Waals surface area contributed by atoms with Crippen molar-refractivity contribution < 1.29 is 0 Å². The second-order valence-electron chi connectivity index (χ2n) is 7.47. The van der Waals surface area contributed by atoms with Gasteiger partial charge in [-0.05, 0) is 76.5 Å². The fourth-order valence-electron chi connectivity index (χ4n) is 4.18. The molecule has 0 nitrogen and oxygen atoms in total. The van der Waals surface area contributed by atoms with E-state index < -0.39 is 0 Å². The molecule has 1 spiro atoms. The summed E-state index contributed by atoms with van der Waals surface area (Å²) >= 11 is 0. The molecule has 0 fully saturated rings. The Bertz CT molecular complexity index is 431. The lowest BCUT2D eigenvalue weighted by Gasteiger charge is -2.41. The average molecular weight is 272 g/mol. The predicted octanol–water partition coefficient (Wildman–Crippen LogP) is 6.45. The van der Waals surface area contributed by atoms with Crippen LogP contribution in [-0.2, 0) is 0 Å². The molecule has 0 saturated carbocycles. The lowest BCUT2D eigenvalue weighted by atomic mass is 9.63. The van der Waals surface area contributed by atoms with Gasteiger partial charge in [0.2, 0.25) is 0 Å². The van der Waals surface area contributed by atoms with Crippen molar-refractivity contribution in [2.45, 2.75) is 73.1 Å². The zero-order chi connectivity index (χ0) is 14.8. The third-order valence-corrected chi connectivity index (χ3v) is 5.67. The molecular formula is C20H32. The van der Waals surface area contributed by atoms with Gasteiger partial charge in [0.05, 0.1) is 0 Å². The molecule has 0 aliphatic heterocycles. The molecule has 0 aromatic heterocycles. The fourth-order valence-corrected chi connectivity index (χ4v) is 4.18. The third-order valence-electron chi connectivity index (χ3n) is 5.67. The first-order chi connectivity index (χ1) is 9.45. The molecule has 0 heterocycles. The summed E-state index contributed by atoms with van der Waals surface area (Å²) in [6.45, 7) is 11.6. The summed E-state index contributed by atoms with van der Waals surface area (Å²) in [5, 5.41) is 0. The molecule has 0 bridgehead atoms. The van der Waals surface area contributed by atoms with Gasteiger partial charge in [-0.1, -0.05) is 48.8 Å². The highest BCUT2D eigenvalue weighted by Crippen LogP contribution is 2.55.